The van der Waals surface area contributed by atoms with Crippen LogP contribution in [0.5, 0.6) is 0 Å². The Bertz CT molecular complexity index is 899. The Balaban J connectivity index is 1.41. The van der Waals surface area contributed by atoms with Crippen molar-refractivity contribution in [2.45, 2.75) is 78.6 Å². The van der Waals surface area contributed by atoms with Gasteiger partial charge in [0.2, 0.25) is 0 Å². The Hall–Kier alpha value is -1.70. The quantitative estimate of drug-likeness (QED) is 0.553. The van der Waals surface area contributed by atoms with Crippen molar-refractivity contribution >= 4 is 11.6 Å². The molecule has 7 atom stereocenters. The topological polar surface area (TPSA) is 34.1 Å². The Kier molecular flexibility index (Phi) is 5.26. The molecule has 1 aromatic carbocycles. The summed E-state index contributed by atoms with van der Waals surface area (Å²) in [5.41, 5.74) is 3.28. The molecule has 0 aliphatic heterocycles. The first-order chi connectivity index (χ1) is 14.8. The highest BCUT2D eigenvalue weighted by Gasteiger charge is 2.60. The van der Waals surface area contributed by atoms with E-state index in [2.05, 4.69) is 44.2 Å². The molecular formula is C29H38O2. The van der Waals surface area contributed by atoms with E-state index in [1.54, 1.807) is 0 Å². The fraction of sp³-hybridized carbons (Fsp3) is 0.655. The molecule has 4 aliphatic carbocycles. The van der Waals surface area contributed by atoms with Gasteiger partial charge in [-0.25, -0.2) is 0 Å². The summed E-state index contributed by atoms with van der Waals surface area (Å²) < 4.78 is 0. The maximum Gasteiger partial charge on any atom is 0.155 e. The van der Waals surface area contributed by atoms with E-state index in [-0.39, 0.29) is 16.7 Å². The van der Waals surface area contributed by atoms with Gasteiger partial charge in [-0.2, -0.15) is 0 Å². The van der Waals surface area contributed by atoms with E-state index in [0.717, 1.165) is 43.4 Å². The molecule has 6 unspecified atom stereocenters. The Morgan fingerprint density at radius 3 is 2.52 bits per heavy atom. The van der Waals surface area contributed by atoms with Crippen molar-refractivity contribution in [2.75, 3.05) is 0 Å². The fourth-order valence-electron chi connectivity index (χ4n) is 8.70. The molecule has 0 amide bonds. The molecule has 0 saturated heterocycles. The number of hydrogen-bond donors (Lipinski definition) is 0. The van der Waals surface area contributed by atoms with E-state index in [4.69, 9.17) is 0 Å². The molecule has 5 rings (SSSR count). The van der Waals surface area contributed by atoms with E-state index in [0.29, 0.717) is 17.5 Å². The van der Waals surface area contributed by atoms with Crippen LogP contribution in [0, 0.1) is 40.4 Å². The standard InChI is InChI=1S/C29H38O2/c1-19(30)24(17-20-7-5-4-6-8-20)26-12-11-25-23-10-9-21-18-22(31)13-15-28(21,2)27(23)14-16-29(25,26)3/h4-8,18,23-27H,9-17H2,1-3H3/t23?,24?,25?,26?,27?,28-,29?/m0/s1. The van der Waals surface area contributed by atoms with Crippen LogP contribution in [0.15, 0.2) is 42.0 Å². The molecule has 166 valence electrons. The fourth-order valence-corrected chi connectivity index (χ4v) is 8.70. The Labute approximate surface area is 187 Å². The van der Waals surface area contributed by atoms with E-state index >= 15 is 0 Å². The number of allylic oxidation sites excluding steroid dienone is 1. The summed E-state index contributed by atoms with van der Waals surface area (Å²) in [6.07, 6.45) is 12.1. The van der Waals surface area contributed by atoms with Gasteiger partial charge in [-0.3, -0.25) is 9.59 Å². The number of benzene rings is 1. The monoisotopic (exact) mass is 418 g/mol. The van der Waals surface area contributed by atoms with Crippen LogP contribution in [0.1, 0.15) is 77.7 Å². The van der Waals surface area contributed by atoms with E-state index in [9.17, 15) is 9.59 Å². The molecule has 4 aliphatic rings. The van der Waals surface area contributed by atoms with Crippen LogP contribution in [0.2, 0.25) is 0 Å². The van der Waals surface area contributed by atoms with E-state index < -0.39 is 0 Å². The van der Waals surface area contributed by atoms with Crippen molar-refractivity contribution in [1.82, 2.24) is 0 Å². The number of carbonyl (C=O) groups excluding carboxylic acids is 2. The third kappa shape index (κ3) is 3.36. The highest BCUT2D eigenvalue weighted by atomic mass is 16.1. The SMILES string of the molecule is CC(=O)C(Cc1ccccc1)C1CCC2C3CCC4=CC(=O)CC[C@]4(C)C3CCC12C. The van der Waals surface area contributed by atoms with Gasteiger partial charge in [-0.15, -0.1) is 0 Å². The predicted molar refractivity (Wildman–Crippen MR) is 125 cm³/mol. The van der Waals surface area contributed by atoms with Crippen LogP contribution >= 0.6 is 0 Å². The lowest BCUT2D eigenvalue weighted by atomic mass is 9.46. The molecule has 0 radical (unpaired) electrons. The molecule has 2 heteroatoms. The molecule has 0 aromatic heterocycles. The summed E-state index contributed by atoms with van der Waals surface area (Å²) in [6.45, 7) is 6.82. The number of Topliss-reactive ketones (excluding diaryl/α,β-unsaturated/α-hetero) is 1. The minimum Gasteiger partial charge on any atom is -0.300 e. The molecule has 1 aromatic rings. The zero-order valence-electron chi connectivity index (χ0n) is 19.5. The third-order valence-electron chi connectivity index (χ3n) is 10.3. The van der Waals surface area contributed by atoms with Crippen molar-refractivity contribution in [1.29, 1.82) is 0 Å². The van der Waals surface area contributed by atoms with Gasteiger partial charge in [0.05, 0.1) is 0 Å². The Morgan fingerprint density at radius 2 is 1.77 bits per heavy atom. The van der Waals surface area contributed by atoms with Gasteiger partial charge >= 0.3 is 0 Å². The first-order valence-corrected chi connectivity index (χ1v) is 12.6. The molecule has 0 spiro atoms. The predicted octanol–water partition coefficient (Wildman–Crippen LogP) is 6.58. The molecule has 0 N–H and O–H groups in total. The van der Waals surface area contributed by atoms with Crippen molar-refractivity contribution in [3.63, 3.8) is 0 Å². The van der Waals surface area contributed by atoms with Crippen LogP contribution in [0.3, 0.4) is 0 Å². The molecule has 31 heavy (non-hydrogen) atoms. The van der Waals surface area contributed by atoms with Gasteiger partial charge in [-0.1, -0.05) is 49.8 Å². The number of carbonyl (C=O) groups is 2. The summed E-state index contributed by atoms with van der Waals surface area (Å²) >= 11 is 0. The second kappa shape index (κ2) is 7.71. The average molecular weight is 419 g/mol. The molecule has 3 fully saturated rings. The van der Waals surface area contributed by atoms with Gasteiger partial charge in [0.1, 0.15) is 5.78 Å². The average Bonchev–Trinajstić information content (AvgIpc) is 3.10. The first kappa shape index (κ1) is 21.2. The smallest absolute Gasteiger partial charge is 0.155 e. The molecule has 0 heterocycles. The Morgan fingerprint density at radius 1 is 1.00 bits per heavy atom. The van der Waals surface area contributed by atoms with Crippen molar-refractivity contribution in [2.24, 2.45) is 40.4 Å². The summed E-state index contributed by atoms with van der Waals surface area (Å²) in [5, 5.41) is 0. The maximum atomic E-state index is 12.9. The lowest BCUT2D eigenvalue weighted by Gasteiger charge is -2.58. The number of rotatable bonds is 4. The van der Waals surface area contributed by atoms with Gasteiger partial charge in [0.25, 0.3) is 0 Å². The summed E-state index contributed by atoms with van der Waals surface area (Å²) in [7, 11) is 0. The zero-order chi connectivity index (χ0) is 21.8. The zero-order valence-corrected chi connectivity index (χ0v) is 19.5. The number of fused-ring (bicyclic) bond motifs is 5. The lowest BCUT2D eigenvalue weighted by molar-refractivity contribution is -0.126. The van der Waals surface area contributed by atoms with E-state index in [1.165, 1.54) is 43.2 Å². The number of ketones is 2. The second-order valence-electron chi connectivity index (χ2n) is 11.6. The largest absolute Gasteiger partial charge is 0.300 e. The van der Waals surface area contributed by atoms with Gasteiger partial charge in [-0.05, 0) is 104 Å². The van der Waals surface area contributed by atoms with Crippen molar-refractivity contribution in [3.8, 4) is 0 Å². The molecule has 3 saturated carbocycles. The maximum absolute atomic E-state index is 12.9. The normalized spacial score (nSPS) is 40.4. The lowest BCUT2D eigenvalue weighted by Crippen LogP contribution is -2.51. The van der Waals surface area contributed by atoms with Crippen LogP contribution < -0.4 is 0 Å². The van der Waals surface area contributed by atoms with E-state index in [1.807, 2.05) is 13.0 Å². The van der Waals surface area contributed by atoms with Crippen molar-refractivity contribution in [3.05, 3.63) is 47.5 Å². The molecular weight excluding hydrogens is 380 g/mol. The van der Waals surface area contributed by atoms with Crippen LogP contribution in [0.4, 0.5) is 0 Å². The highest BCUT2D eigenvalue weighted by Crippen LogP contribution is 2.67. The summed E-state index contributed by atoms with van der Waals surface area (Å²) in [4.78, 5) is 24.9. The molecule has 0 bridgehead atoms. The minimum absolute atomic E-state index is 0.149. The second-order valence-corrected chi connectivity index (χ2v) is 11.6. The van der Waals surface area contributed by atoms with Gasteiger partial charge in [0.15, 0.2) is 5.78 Å². The van der Waals surface area contributed by atoms with Crippen molar-refractivity contribution < 1.29 is 9.59 Å². The van der Waals surface area contributed by atoms with Crippen LogP contribution in [-0.2, 0) is 16.0 Å². The first-order valence-electron chi connectivity index (χ1n) is 12.6. The van der Waals surface area contributed by atoms with Gasteiger partial charge in [0, 0.05) is 12.3 Å². The van der Waals surface area contributed by atoms with Crippen LogP contribution in [-0.4, -0.2) is 11.6 Å². The van der Waals surface area contributed by atoms with Gasteiger partial charge < -0.3 is 0 Å². The van der Waals surface area contributed by atoms with Crippen LogP contribution in [0.25, 0.3) is 0 Å². The third-order valence-corrected chi connectivity index (χ3v) is 10.3. The summed E-state index contributed by atoms with van der Waals surface area (Å²) in [5.74, 6) is 3.61. The molecule has 2 nitrogen and oxygen atoms in total. The minimum atomic E-state index is 0.149. The summed E-state index contributed by atoms with van der Waals surface area (Å²) in [6, 6.07) is 10.6. The number of hydrogen-bond acceptors (Lipinski definition) is 2. The highest BCUT2D eigenvalue weighted by molar-refractivity contribution is 5.91.